The summed E-state index contributed by atoms with van der Waals surface area (Å²) in [5, 5.41) is 31.3. The zero-order chi connectivity index (χ0) is 50.4. The molecule has 12 nitrogen and oxygen atoms in total. The van der Waals surface area contributed by atoms with Gasteiger partial charge in [0.15, 0.2) is 24.6 Å². The summed E-state index contributed by atoms with van der Waals surface area (Å²) in [4.78, 5) is 50.8. The molecule has 1 fully saturated rings. The Kier molecular flexibility index (Phi) is 41.5. The Balaban J connectivity index is 2.70. The van der Waals surface area contributed by atoms with E-state index in [0.29, 0.717) is 19.3 Å². The van der Waals surface area contributed by atoms with Crippen LogP contribution in [0.25, 0.3) is 0 Å². The molecule has 0 amide bonds. The standard InChI is InChI=1S/C57H94O12/c1-4-7-10-13-16-19-21-22-23-24-25-26-27-28-30-32-34-37-40-43-49(58)65-46-48(67-50(59)44-41-38-35-31-18-15-12-9-6-3)47-66-57-55(53(62)52(61)54(69-57)56(63)64)68-51(60)45-42-39-36-33-29-20-17-14-11-8-5-2/h7,10,14,16-17,19,22-23,25-26,28,30,48,52-55,57,61-62H,4-6,8-9,11-13,15,18,20-21,24,27,29,31-47H2,1-3H3,(H,63,64)/b10-7-,17-14-,19-16-,23-22-,26-25-,30-28-. The Bertz CT molecular complexity index is 1480. The van der Waals surface area contributed by atoms with Gasteiger partial charge in [0.2, 0.25) is 0 Å². The fraction of sp³-hybridized carbons (Fsp3) is 0.719. The van der Waals surface area contributed by atoms with Gasteiger partial charge in [-0.1, -0.05) is 184 Å². The molecule has 1 aliphatic rings. The first-order valence-corrected chi connectivity index (χ1v) is 26.9. The van der Waals surface area contributed by atoms with Crippen LogP contribution < -0.4 is 0 Å². The fourth-order valence-corrected chi connectivity index (χ4v) is 7.61. The molecule has 6 atom stereocenters. The third kappa shape index (κ3) is 35.8. The third-order valence-corrected chi connectivity index (χ3v) is 11.8. The molecule has 1 heterocycles. The van der Waals surface area contributed by atoms with E-state index in [1.54, 1.807) is 0 Å². The number of aliphatic carboxylic acids is 1. The lowest BCUT2D eigenvalue weighted by Crippen LogP contribution is -2.61. The van der Waals surface area contributed by atoms with Crippen LogP contribution in [0, 0.1) is 0 Å². The molecule has 0 spiro atoms. The number of carbonyl (C=O) groups is 4. The molecule has 1 saturated heterocycles. The number of hydrogen-bond donors (Lipinski definition) is 3. The van der Waals surface area contributed by atoms with E-state index in [-0.39, 0.29) is 25.9 Å². The van der Waals surface area contributed by atoms with Crippen molar-refractivity contribution in [1.82, 2.24) is 0 Å². The minimum atomic E-state index is -1.91. The third-order valence-electron chi connectivity index (χ3n) is 11.8. The van der Waals surface area contributed by atoms with Crippen LogP contribution in [0.3, 0.4) is 0 Å². The smallest absolute Gasteiger partial charge is 0.335 e. The van der Waals surface area contributed by atoms with E-state index in [1.807, 2.05) is 0 Å². The predicted octanol–water partition coefficient (Wildman–Crippen LogP) is 13.0. The average molecular weight is 971 g/mol. The summed E-state index contributed by atoms with van der Waals surface area (Å²) < 4.78 is 28.2. The van der Waals surface area contributed by atoms with Crippen LogP contribution in [0.1, 0.15) is 213 Å². The van der Waals surface area contributed by atoms with E-state index in [1.165, 1.54) is 44.9 Å². The van der Waals surface area contributed by atoms with Gasteiger partial charge in [-0.15, -0.1) is 0 Å². The molecule has 0 saturated carbocycles. The van der Waals surface area contributed by atoms with E-state index >= 15 is 0 Å². The summed E-state index contributed by atoms with van der Waals surface area (Å²) >= 11 is 0. The molecule has 394 valence electrons. The van der Waals surface area contributed by atoms with Crippen LogP contribution in [0.5, 0.6) is 0 Å². The normalized spacial score (nSPS) is 19.2. The van der Waals surface area contributed by atoms with Crippen molar-refractivity contribution in [3.05, 3.63) is 72.9 Å². The van der Waals surface area contributed by atoms with Gasteiger partial charge >= 0.3 is 23.9 Å². The van der Waals surface area contributed by atoms with Gasteiger partial charge in [-0.3, -0.25) is 14.4 Å². The second-order valence-corrected chi connectivity index (χ2v) is 18.1. The van der Waals surface area contributed by atoms with Crippen molar-refractivity contribution in [2.75, 3.05) is 13.2 Å². The van der Waals surface area contributed by atoms with Gasteiger partial charge in [0.1, 0.15) is 18.8 Å². The number of hydrogen-bond acceptors (Lipinski definition) is 11. The summed E-state index contributed by atoms with van der Waals surface area (Å²) in [7, 11) is 0. The molecule has 6 unspecified atom stereocenters. The van der Waals surface area contributed by atoms with E-state index in [4.69, 9.17) is 23.7 Å². The van der Waals surface area contributed by atoms with Crippen molar-refractivity contribution in [2.24, 2.45) is 0 Å². The Hall–Kier alpha value is -3.84. The van der Waals surface area contributed by atoms with Crippen LogP contribution in [0.2, 0.25) is 0 Å². The minimum absolute atomic E-state index is 0.0454. The van der Waals surface area contributed by atoms with E-state index < -0.39 is 67.3 Å². The quantitative estimate of drug-likeness (QED) is 0.0228. The number of rotatable bonds is 44. The van der Waals surface area contributed by atoms with Crippen LogP contribution >= 0.6 is 0 Å². The Labute approximate surface area is 417 Å². The molecular weight excluding hydrogens is 877 g/mol. The lowest BCUT2D eigenvalue weighted by Gasteiger charge is -2.40. The van der Waals surface area contributed by atoms with Crippen LogP contribution in [0.4, 0.5) is 0 Å². The lowest BCUT2D eigenvalue weighted by atomic mass is 9.98. The molecule has 3 N–H and O–H groups in total. The highest BCUT2D eigenvalue weighted by Crippen LogP contribution is 2.26. The molecule has 0 radical (unpaired) electrons. The van der Waals surface area contributed by atoms with Crippen molar-refractivity contribution in [3.8, 4) is 0 Å². The van der Waals surface area contributed by atoms with Crippen molar-refractivity contribution in [1.29, 1.82) is 0 Å². The summed E-state index contributed by atoms with van der Waals surface area (Å²) in [6.07, 6.45) is 43.3. The molecule has 12 heteroatoms. The molecule has 0 aromatic heterocycles. The number of carbonyl (C=O) groups excluding carboxylic acids is 3. The first-order valence-electron chi connectivity index (χ1n) is 26.9. The second-order valence-electron chi connectivity index (χ2n) is 18.1. The summed E-state index contributed by atoms with van der Waals surface area (Å²) in [5.74, 6) is -3.18. The van der Waals surface area contributed by atoms with Crippen molar-refractivity contribution >= 4 is 23.9 Å². The molecular formula is C57H94O12. The second kappa shape index (κ2) is 45.3. The molecule has 0 aromatic rings. The van der Waals surface area contributed by atoms with Crippen LogP contribution in [-0.4, -0.2) is 89.2 Å². The largest absolute Gasteiger partial charge is 0.479 e. The monoisotopic (exact) mass is 971 g/mol. The van der Waals surface area contributed by atoms with Crippen LogP contribution in [-0.2, 0) is 42.9 Å². The van der Waals surface area contributed by atoms with Gasteiger partial charge in [-0.25, -0.2) is 4.79 Å². The molecule has 0 bridgehead atoms. The zero-order valence-corrected chi connectivity index (χ0v) is 43.0. The number of unbranched alkanes of at least 4 members (excludes halogenated alkanes) is 18. The SMILES string of the molecule is CC/C=C\C/C=C\C/C=C\C/C=C\C/C=C\CCCCCC(=O)OCC(COC1OC(C(=O)O)C(O)C(O)C1OC(=O)CCCCCCC/C=C\CCCC)OC(=O)CCCCCCCCCCC. The molecule has 1 rings (SSSR count). The van der Waals surface area contributed by atoms with Gasteiger partial charge in [-0.05, 0) is 83.5 Å². The maximum absolute atomic E-state index is 13.0. The van der Waals surface area contributed by atoms with E-state index in [2.05, 4.69) is 93.7 Å². The number of aliphatic hydroxyl groups excluding tert-OH is 2. The first kappa shape index (κ1) is 63.2. The number of allylic oxidation sites excluding steroid dienone is 12. The summed E-state index contributed by atoms with van der Waals surface area (Å²) in [6.45, 7) is 5.75. The van der Waals surface area contributed by atoms with Crippen molar-refractivity contribution in [3.63, 3.8) is 0 Å². The van der Waals surface area contributed by atoms with Crippen molar-refractivity contribution < 1.29 is 58.2 Å². The fourth-order valence-electron chi connectivity index (χ4n) is 7.61. The van der Waals surface area contributed by atoms with E-state index in [9.17, 15) is 34.5 Å². The average Bonchev–Trinajstić information content (AvgIpc) is 3.33. The maximum atomic E-state index is 13.0. The summed E-state index contributed by atoms with van der Waals surface area (Å²) in [6, 6.07) is 0. The van der Waals surface area contributed by atoms with Crippen molar-refractivity contribution in [2.45, 2.75) is 250 Å². The Morgan fingerprint density at radius 1 is 0.493 bits per heavy atom. The van der Waals surface area contributed by atoms with Gasteiger partial charge in [0.25, 0.3) is 0 Å². The Morgan fingerprint density at radius 3 is 1.46 bits per heavy atom. The van der Waals surface area contributed by atoms with Gasteiger partial charge in [0.05, 0.1) is 6.61 Å². The highest BCUT2D eigenvalue weighted by Gasteiger charge is 2.50. The Morgan fingerprint density at radius 2 is 0.928 bits per heavy atom. The number of carboxylic acid groups (broad SMARTS) is 1. The molecule has 0 aromatic carbocycles. The summed E-state index contributed by atoms with van der Waals surface area (Å²) in [5.41, 5.74) is 0. The topological polar surface area (TPSA) is 175 Å². The van der Waals surface area contributed by atoms with E-state index in [0.717, 1.165) is 109 Å². The number of ether oxygens (including phenoxy) is 5. The molecule has 1 aliphatic heterocycles. The van der Waals surface area contributed by atoms with Crippen LogP contribution in [0.15, 0.2) is 72.9 Å². The number of esters is 3. The minimum Gasteiger partial charge on any atom is -0.479 e. The molecule has 69 heavy (non-hydrogen) atoms. The first-order chi connectivity index (χ1) is 33.6. The molecule has 0 aliphatic carbocycles. The predicted molar refractivity (Wildman–Crippen MR) is 275 cm³/mol. The van der Waals surface area contributed by atoms with Gasteiger partial charge < -0.3 is 39.0 Å². The van der Waals surface area contributed by atoms with Gasteiger partial charge in [-0.2, -0.15) is 0 Å². The highest BCUT2D eigenvalue weighted by molar-refractivity contribution is 5.74. The number of carboxylic acids is 1. The maximum Gasteiger partial charge on any atom is 0.335 e. The number of aliphatic hydroxyl groups is 2. The lowest BCUT2D eigenvalue weighted by molar-refractivity contribution is -0.301. The van der Waals surface area contributed by atoms with Gasteiger partial charge in [0, 0.05) is 19.3 Å². The zero-order valence-electron chi connectivity index (χ0n) is 43.0. The highest BCUT2D eigenvalue weighted by atomic mass is 16.7.